The molecule has 130 valence electrons. The van der Waals surface area contributed by atoms with Crippen LogP contribution in [0.25, 0.3) is 12.2 Å². The molecule has 5 heteroatoms. The minimum absolute atomic E-state index is 0.0343. The predicted octanol–water partition coefficient (Wildman–Crippen LogP) is 3.91. The number of halogens is 1. The summed E-state index contributed by atoms with van der Waals surface area (Å²) in [6, 6.07) is 13.9. The van der Waals surface area contributed by atoms with Crippen molar-refractivity contribution in [2.75, 3.05) is 32.7 Å². The molecule has 4 nitrogen and oxygen atoms in total. The summed E-state index contributed by atoms with van der Waals surface area (Å²) in [7, 11) is 0. The van der Waals surface area contributed by atoms with E-state index in [4.69, 9.17) is 4.42 Å². The van der Waals surface area contributed by atoms with Crippen molar-refractivity contribution >= 4 is 34.0 Å². The number of piperazine rings is 1. The number of nitrogens with zero attached hydrogens (tertiary/aromatic N) is 2. The van der Waals surface area contributed by atoms with Gasteiger partial charge in [-0.15, -0.1) is 0 Å². The van der Waals surface area contributed by atoms with Crippen LogP contribution in [0.5, 0.6) is 0 Å². The zero-order chi connectivity index (χ0) is 17.5. The third kappa shape index (κ3) is 5.44. The molecule has 0 radical (unpaired) electrons. The topological polar surface area (TPSA) is 36.7 Å². The second-order valence-corrected chi connectivity index (χ2v) is 6.70. The molecule has 3 rings (SSSR count). The van der Waals surface area contributed by atoms with Crippen LogP contribution in [-0.2, 0) is 4.79 Å². The van der Waals surface area contributed by atoms with Gasteiger partial charge >= 0.3 is 0 Å². The highest BCUT2D eigenvalue weighted by Gasteiger charge is 2.18. The van der Waals surface area contributed by atoms with Crippen molar-refractivity contribution in [2.24, 2.45) is 0 Å². The summed E-state index contributed by atoms with van der Waals surface area (Å²) in [6.45, 7) is 4.21. The normalized spacial score (nSPS) is 16.1. The molecule has 1 amide bonds. The molecule has 1 aromatic heterocycles. The minimum Gasteiger partial charge on any atom is -0.450 e. The largest absolute Gasteiger partial charge is 0.450 e. The van der Waals surface area contributed by atoms with Gasteiger partial charge < -0.3 is 9.32 Å². The molecule has 2 heterocycles. The molecule has 0 bridgehead atoms. The Balaban J connectivity index is 1.43. The van der Waals surface area contributed by atoms with E-state index in [1.165, 1.54) is 5.56 Å². The zero-order valence-corrected chi connectivity index (χ0v) is 15.6. The highest BCUT2D eigenvalue weighted by atomic mass is 79.9. The van der Waals surface area contributed by atoms with Crippen LogP contribution in [0.15, 0.2) is 63.7 Å². The second-order valence-electron chi connectivity index (χ2n) is 5.91. The van der Waals surface area contributed by atoms with E-state index in [0.29, 0.717) is 10.4 Å². The first-order chi connectivity index (χ1) is 12.2. The first-order valence-corrected chi connectivity index (χ1v) is 9.16. The lowest BCUT2D eigenvalue weighted by atomic mass is 10.2. The smallest absolute Gasteiger partial charge is 0.246 e. The van der Waals surface area contributed by atoms with Gasteiger partial charge in [0.15, 0.2) is 4.67 Å². The molecular formula is C20H21BrN2O2. The summed E-state index contributed by atoms with van der Waals surface area (Å²) in [5, 5.41) is 0. The summed E-state index contributed by atoms with van der Waals surface area (Å²) in [5.41, 5.74) is 1.21. The first kappa shape index (κ1) is 17.7. The lowest BCUT2D eigenvalue weighted by molar-refractivity contribution is -0.127. The van der Waals surface area contributed by atoms with E-state index >= 15 is 0 Å². The number of carbonyl (C=O) groups excluding carboxylic acids is 1. The minimum atomic E-state index is 0.0343. The van der Waals surface area contributed by atoms with Crippen molar-refractivity contribution in [1.82, 2.24) is 9.80 Å². The number of rotatable bonds is 5. The second kappa shape index (κ2) is 8.83. The van der Waals surface area contributed by atoms with Crippen LogP contribution in [0.2, 0.25) is 0 Å². The average molecular weight is 401 g/mol. The van der Waals surface area contributed by atoms with Gasteiger partial charge in [-0.2, -0.15) is 0 Å². The van der Waals surface area contributed by atoms with Crippen LogP contribution < -0.4 is 0 Å². The zero-order valence-electron chi connectivity index (χ0n) is 14.0. The average Bonchev–Trinajstić information content (AvgIpc) is 3.06. The molecule has 1 aliphatic heterocycles. The number of hydrogen-bond acceptors (Lipinski definition) is 3. The third-order valence-corrected chi connectivity index (χ3v) is 4.57. The predicted molar refractivity (Wildman–Crippen MR) is 104 cm³/mol. The summed E-state index contributed by atoms with van der Waals surface area (Å²) >= 11 is 3.25. The van der Waals surface area contributed by atoms with Crippen molar-refractivity contribution in [3.05, 3.63) is 70.6 Å². The Morgan fingerprint density at radius 3 is 2.48 bits per heavy atom. The van der Waals surface area contributed by atoms with E-state index < -0.39 is 0 Å². The molecule has 25 heavy (non-hydrogen) atoms. The van der Waals surface area contributed by atoms with E-state index in [-0.39, 0.29) is 5.91 Å². The van der Waals surface area contributed by atoms with E-state index in [1.807, 2.05) is 35.2 Å². The van der Waals surface area contributed by atoms with Crippen LogP contribution in [0, 0.1) is 0 Å². The fourth-order valence-corrected chi connectivity index (χ4v) is 3.05. The van der Waals surface area contributed by atoms with Gasteiger partial charge in [0.05, 0.1) is 0 Å². The Kier molecular flexibility index (Phi) is 6.25. The van der Waals surface area contributed by atoms with Crippen molar-refractivity contribution in [2.45, 2.75) is 0 Å². The monoisotopic (exact) mass is 400 g/mol. The molecule has 0 unspecified atom stereocenters. The Morgan fingerprint density at radius 1 is 1.04 bits per heavy atom. The van der Waals surface area contributed by atoms with E-state index in [0.717, 1.165) is 32.7 Å². The van der Waals surface area contributed by atoms with E-state index in [1.54, 1.807) is 12.2 Å². The molecule has 1 aromatic carbocycles. The SMILES string of the molecule is O=C(/C=C/c1ccc(Br)o1)N1CCN(C/C=C/c2ccccc2)CC1. The Labute approximate surface area is 156 Å². The fourth-order valence-electron chi connectivity index (χ4n) is 2.73. The van der Waals surface area contributed by atoms with Crippen LogP contribution in [0.4, 0.5) is 0 Å². The summed E-state index contributed by atoms with van der Waals surface area (Å²) in [6.07, 6.45) is 7.61. The van der Waals surface area contributed by atoms with Gasteiger partial charge in [-0.3, -0.25) is 9.69 Å². The van der Waals surface area contributed by atoms with Crippen LogP contribution in [-0.4, -0.2) is 48.4 Å². The molecule has 0 saturated carbocycles. The van der Waals surface area contributed by atoms with Crippen molar-refractivity contribution < 1.29 is 9.21 Å². The Morgan fingerprint density at radius 2 is 1.80 bits per heavy atom. The van der Waals surface area contributed by atoms with Crippen LogP contribution in [0.3, 0.4) is 0 Å². The molecule has 0 N–H and O–H groups in total. The molecule has 0 aliphatic carbocycles. The van der Waals surface area contributed by atoms with Gasteiger partial charge in [-0.25, -0.2) is 0 Å². The van der Waals surface area contributed by atoms with Gasteiger partial charge in [-0.1, -0.05) is 42.5 Å². The van der Waals surface area contributed by atoms with Gasteiger partial charge in [0, 0.05) is 38.8 Å². The number of benzene rings is 1. The maximum absolute atomic E-state index is 12.2. The highest BCUT2D eigenvalue weighted by molar-refractivity contribution is 9.10. The number of furan rings is 1. The summed E-state index contributed by atoms with van der Waals surface area (Å²) < 4.78 is 6.03. The Hall–Kier alpha value is -2.11. The van der Waals surface area contributed by atoms with Gasteiger partial charge in [0.25, 0.3) is 0 Å². The summed E-state index contributed by atoms with van der Waals surface area (Å²) in [5.74, 6) is 0.705. The molecule has 2 aromatic rings. The number of carbonyl (C=O) groups is 1. The molecule has 0 spiro atoms. The van der Waals surface area contributed by atoms with Crippen LogP contribution >= 0.6 is 15.9 Å². The molecule has 1 aliphatic rings. The molecular weight excluding hydrogens is 380 g/mol. The quantitative estimate of drug-likeness (QED) is 0.713. The fraction of sp³-hybridized carbons (Fsp3) is 0.250. The third-order valence-electron chi connectivity index (χ3n) is 4.14. The van der Waals surface area contributed by atoms with E-state index in [2.05, 4.69) is 45.1 Å². The maximum Gasteiger partial charge on any atom is 0.246 e. The van der Waals surface area contributed by atoms with Crippen LogP contribution in [0.1, 0.15) is 11.3 Å². The maximum atomic E-state index is 12.2. The highest BCUT2D eigenvalue weighted by Crippen LogP contribution is 2.15. The Bertz CT molecular complexity index is 744. The van der Waals surface area contributed by atoms with Gasteiger partial charge in [-0.05, 0) is 39.7 Å². The number of amides is 1. The van der Waals surface area contributed by atoms with Crippen molar-refractivity contribution in [1.29, 1.82) is 0 Å². The summed E-state index contributed by atoms with van der Waals surface area (Å²) in [4.78, 5) is 16.5. The lowest BCUT2D eigenvalue weighted by Gasteiger charge is -2.33. The standard InChI is InChI=1S/C20H21BrN2O2/c21-19-10-8-18(25-19)9-11-20(24)23-15-13-22(14-16-23)12-4-7-17-5-2-1-3-6-17/h1-11H,12-16H2/b7-4+,11-9+. The number of hydrogen-bond donors (Lipinski definition) is 0. The lowest BCUT2D eigenvalue weighted by Crippen LogP contribution is -2.48. The van der Waals surface area contributed by atoms with Crippen molar-refractivity contribution in [3.8, 4) is 0 Å². The molecule has 1 saturated heterocycles. The molecule has 1 fully saturated rings. The first-order valence-electron chi connectivity index (χ1n) is 8.37. The van der Waals surface area contributed by atoms with Gasteiger partial charge in [0.1, 0.15) is 5.76 Å². The van der Waals surface area contributed by atoms with E-state index in [9.17, 15) is 4.79 Å². The van der Waals surface area contributed by atoms with Gasteiger partial charge in [0.2, 0.25) is 5.91 Å². The van der Waals surface area contributed by atoms with Crippen molar-refractivity contribution in [3.63, 3.8) is 0 Å². The molecule has 0 atom stereocenters.